The van der Waals surface area contributed by atoms with Crippen LogP contribution in [0.15, 0.2) is 82.6 Å². The molecule has 0 fully saturated rings. The van der Waals surface area contributed by atoms with Gasteiger partial charge in [-0.25, -0.2) is 0 Å². The van der Waals surface area contributed by atoms with E-state index in [9.17, 15) is 9.59 Å². The second kappa shape index (κ2) is 10.8. The lowest BCUT2D eigenvalue weighted by Gasteiger charge is -2.10. The van der Waals surface area contributed by atoms with Crippen molar-refractivity contribution in [2.75, 3.05) is 16.4 Å². The summed E-state index contributed by atoms with van der Waals surface area (Å²) in [6.07, 6.45) is 1.59. The van der Waals surface area contributed by atoms with E-state index in [-0.39, 0.29) is 23.5 Å². The van der Waals surface area contributed by atoms with Crippen LogP contribution in [0.3, 0.4) is 0 Å². The fourth-order valence-corrected chi connectivity index (χ4v) is 3.88. The fourth-order valence-electron chi connectivity index (χ4n) is 3.14. The van der Waals surface area contributed by atoms with Gasteiger partial charge in [-0.15, -0.1) is 10.2 Å². The average Bonchev–Trinajstić information content (AvgIpc) is 3.50. The fraction of sp³-hybridized carbons (Fsp3) is 0.200. The van der Waals surface area contributed by atoms with Gasteiger partial charge in [0.2, 0.25) is 17.6 Å². The van der Waals surface area contributed by atoms with Crippen LogP contribution in [0.4, 0.5) is 11.4 Å². The first-order valence-electron chi connectivity index (χ1n) is 10.8. The Hall–Kier alpha value is -3.85. The quantitative estimate of drug-likeness (QED) is 0.334. The van der Waals surface area contributed by atoms with Crippen LogP contribution in [0.1, 0.15) is 19.4 Å². The molecule has 0 aliphatic carbocycles. The molecule has 0 saturated carbocycles. The van der Waals surface area contributed by atoms with Crippen molar-refractivity contribution in [3.63, 3.8) is 0 Å². The number of nitrogens with one attached hydrogen (secondary N) is 2. The van der Waals surface area contributed by atoms with Crippen LogP contribution >= 0.6 is 11.8 Å². The van der Waals surface area contributed by atoms with E-state index in [2.05, 4.69) is 20.8 Å². The molecule has 4 aromatic rings. The largest absolute Gasteiger partial charge is 0.461 e. The van der Waals surface area contributed by atoms with E-state index in [1.54, 1.807) is 36.6 Å². The molecule has 0 spiro atoms. The maximum Gasteiger partial charge on any atom is 0.234 e. The first-order chi connectivity index (χ1) is 16.5. The van der Waals surface area contributed by atoms with Crippen molar-refractivity contribution in [2.24, 2.45) is 5.92 Å². The zero-order valence-electron chi connectivity index (χ0n) is 18.9. The zero-order valence-corrected chi connectivity index (χ0v) is 19.7. The summed E-state index contributed by atoms with van der Waals surface area (Å²) in [6.45, 7) is 4.22. The van der Waals surface area contributed by atoms with Gasteiger partial charge in [-0.1, -0.05) is 55.9 Å². The molecular weight excluding hydrogens is 450 g/mol. The lowest BCUT2D eigenvalue weighted by molar-refractivity contribution is -0.119. The number of nitrogens with zero attached hydrogens (tertiary/aromatic N) is 3. The van der Waals surface area contributed by atoms with Gasteiger partial charge in [-0.05, 0) is 42.0 Å². The molecule has 2 heterocycles. The molecule has 174 valence electrons. The van der Waals surface area contributed by atoms with Gasteiger partial charge in [0.1, 0.15) is 0 Å². The predicted molar refractivity (Wildman–Crippen MR) is 133 cm³/mol. The van der Waals surface area contributed by atoms with Gasteiger partial charge in [0.05, 0.1) is 18.6 Å². The summed E-state index contributed by atoms with van der Waals surface area (Å²) in [5.41, 5.74) is 2.42. The summed E-state index contributed by atoms with van der Waals surface area (Å²) in [4.78, 5) is 24.4. The molecule has 0 aliphatic rings. The smallest absolute Gasteiger partial charge is 0.234 e. The van der Waals surface area contributed by atoms with Gasteiger partial charge in [-0.3, -0.25) is 14.2 Å². The van der Waals surface area contributed by atoms with Crippen LogP contribution in [-0.2, 0) is 16.1 Å². The lowest BCUT2D eigenvalue weighted by Crippen LogP contribution is -2.18. The van der Waals surface area contributed by atoms with Gasteiger partial charge in [-0.2, -0.15) is 0 Å². The van der Waals surface area contributed by atoms with Gasteiger partial charge >= 0.3 is 0 Å². The summed E-state index contributed by atoms with van der Waals surface area (Å²) >= 11 is 1.31. The molecule has 0 aliphatic heterocycles. The second-order valence-electron chi connectivity index (χ2n) is 7.91. The Balaban J connectivity index is 1.41. The van der Waals surface area contributed by atoms with Crippen LogP contribution in [0, 0.1) is 5.92 Å². The van der Waals surface area contributed by atoms with Crippen molar-refractivity contribution < 1.29 is 14.0 Å². The highest BCUT2D eigenvalue weighted by Gasteiger charge is 2.18. The molecule has 9 heteroatoms. The number of hydrogen-bond acceptors (Lipinski definition) is 6. The van der Waals surface area contributed by atoms with Gasteiger partial charge in [0.15, 0.2) is 10.9 Å². The number of aromatic nitrogens is 3. The molecule has 0 radical (unpaired) electrons. The van der Waals surface area contributed by atoms with Crippen molar-refractivity contribution in [2.45, 2.75) is 25.5 Å². The molecule has 2 N–H and O–H groups in total. The third-order valence-electron chi connectivity index (χ3n) is 4.93. The summed E-state index contributed by atoms with van der Waals surface area (Å²) in [7, 11) is 0. The number of anilines is 2. The summed E-state index contributed by atoms with van der Waals surface area (Å²) < 4.78 is 7.47. The molecule has 2 aromatic heterocycles. The SMILES string of the molecule is CC(C)C(=O)Nc1ccc(NC(=O)CSc2nnc(-c3ccco3)n2Cc2ccccc2)cc1. The van der Waals surface area contributed by atoms with E-state index >= 15 is 0 Å². The van der Waals surface area contributed by atoms with Crippen LogP contribution < -0.4 is 10.6 Å². The Morgan fingerprint density at radius 2 is 1.65 bits per heavy atom. The van der Waals surface area contributed by atoms with Crippen molar-refractivity contribution in [1.82, 2.24) is 14.8 Å². The minimum Gasteiger partial charge on any atom is -0.461 e. The molecular formula is C25H25N5O3S. The van der Waals surface area contributed by atoms with Gasteiger partial charge in [0.25, 0.3) is 0 Å². The number of rotatable bonds is 9. The third kappa shape index (κ3) is 5.93. The minimum atomic E-state index is -0.169. The van der Waals surface area contributed by atoms with Gasteiger partial charge < -0.3 is 15.1 Å². The van der Waals surface area contributed by atoms with Crippen LogP contribution in [0.25, 0.3) is 11.6 Å². The predicted octanol–water partition coefficient (Wildman–Crippen LogP) is 4.91. The topological polar surface area (TPSA) is 102 Å². The second-order valence-corrected chi connectivity index (χ2v) is 8.86. The molecule has 0 unspecified atom stereocenters. The first-order valence-corrected chi connectivity index (χ1v) is 11.8. The van der Waals surface area contributed by atoms with Crippen LogP contribution in [0.2, 0.25) is 0 Å². The van der Waals surface area contributed by atoms with Gasteiger partial charge in [0, 0.05) is 17.3 Å². The number of carbonyl (C=O) groups is 2. The Kier molecular flexibility index (Phi) is 7.44. The summed E-state index contributed by atoms with van der Waals surface area (Å²) in [6, 6.07) is 20.6. The highest BCUT2D eigenvalue weighted by molar-refractivity contribution is 7.99. The monoisotopic (exact) mass is 475 g/mol. The van der Waals surface area contributed by atoms with Crippen LogP contribution in [0.5, 0.6) is 0 Å². The number of thioether (sulfide) groups is 1. The molecule has 8 nitrogen and oxygen atoms in total. The van der Waals surface area contributed by atoms with Crippen molar-refractivity contribution >= 4 is 35.0 Å². The zero-order chi connectivity index (χ0) is 23.9. The molecule has 0 atom stereocenters. The highest BCUT2D eigenvalue weighted by Crippen LogP contribution is 2.26. The van der Waals surface area contributed by atoms with E-state index in [0.717, 1.165) is 5.56 Å². The Morgan fingerprint density at radius 3 is 2.29 bits per heavy atom. The summed E-state index contributed by atoms with van der Waals surface area (Å²) in [5, 5.41) is 14.9. The van der Waals surface area contributed by atoms with E-state index in [0.29, 0.717) is 34.7 Å². The average molecular weight is 476 g/mol. The summed E-state index contributed by atoms with van der Waals surface area (Å²) in [5.74, 6) is 1.06. The third-order valence-corrected chi connectivity index (χ3v) is 5.90. The molecule has 2 aromatic carbocycles. The number of benzene rings is 2. The van der Waals surface area contributed by atoms with Crippen molar-refractivity contribution in [1.29, 1.82) is 0 Å². The van der Waals surface area contributed by atoms with Crippen LogP contribution in [-0.4, -0.2) is 32.3 Å². The lowest BCUT2D eigenvalue weighted by atomic mass is 10.2. The van der Waals surface area contributed by atoms with Crippen molar-refractivity contribution in [3.05, 3.63) is 78.6 Å². The maximum atomic E-state index is 12.6. The number of hydrogen-bond donors (Lipinski definition) is 2. The van der Waals surface area contributed by atoms with E-state index in [1.807, 2.05) is 54.8 Å². The molecule has 0 saturated heterocycles. The highest BCUT2D eigenvalue weighted by atomic mass is 32.2. The molecule has 4 rings (SSSR count). The van der Waals surface area contributed by atoms with E-state index in [1.165, 1.54) is 11.8 Å². The number of furan rings is 1. The molecule has 2 amide bonds. The van der Waals surface area contributed by atoms with E-state index in [4.69, 9.17) is 4.42 Å². The maximum absolute atomic E-state index is 12.6. The Bertz CT molecular complexity index is 1240. The normalized spacial score (nSPS) is 10.9. The number of carbonyl (C=O) groups excluding carboxylic acids is 2. The van der Waals surface area contributed by atoms with E-state index < -0.39 is 0 Å². The minimum absolute atomic E-state index is 0.0540. The molecule has 0 bridgehead atoms. The number of amides is 2. The first kappa shape index (κ1) is 23.3. The Morgan fingerprint density at radius 1 is 0.941 bits per heavy atom. The standard InChI is InChI=1S/C25H25N5O3S/c1-17(2)24(32)27-20-12-10-19(11-13-20)26-22(31)16-34-25-29-28-23(21-9-6-14-33-21)30(25)15-18-7-4-3-5-8-18/h3-14,17H,15-16H2,1-2H3,(H,26,31)(H,27,32). The van der Waals surface area contributed by atoms with Crippen molar-refractivity contribution in [3.8, 4) is 11.6 Å². The Labute approximate surface area is 201 Å². The molecule has 34 heavy (non-hydrogen) atoms.